The van der Waals surface area contributed by atoms with Crippen molar-refractivity contribution in [1.82, 2.24) is 9.78 Å². The van der Waals surface area contributed by atoms with Crippen LogP contribution < -0.4 is 5.32 Å². The molecule has 5 heteroatoms. The summed E-state index contributed by atoms with van der Waals surface area (Å²) in [6.07, 6.45) is 6.54. The number of carbonyl (C=O) groups excluding carboxylic acids is 1. The van der Waals surface area contributed by atoms with E-state index in [2.05, 4.69) is 10.4 Å². The molecule has 3 aromatic rings. The average molecular weight is 321 g/mol. The fraction of sp³-hybridized carbons (Fsp3) is 0.0526. The van der Waals surface area contributed by atoms with Crippen LogP contribution in [0.1, 0.15) is 11.1 Å². The van der Waals surface area contributed by atoms with E-state index in [0.29, 0.717) is 12.2 Å². The summed E-state index contributed by atoms with van der Waals surface area (Å²) in [5.74, 6) is -0.488. The first-order chi connectivity index (χ1) is 11.7. The zero-order valence-electron chi connectivity index (χ0n) is 12.9. The lowest BCUT2D eigenvalue weighted by molar-refractivity contribution is -0.111. The molecule has 0 fully saturated rings. The van der Waals surface area contributed by atoms with Gasteiger partial charge in [0.15, 0.2) is 0 Å². The van der Waals surface area contributed by atoms with Crippen LogP contribution in [0.4, 0.5) is 10.1 Å². The molecule has 0 spiro atoms. The topological polar surface area (TPSA) is 46.9 Å². The minimum absolute atomic E-state index is 0.222. The summed E-state index contributed by atoms with van der Waals surface area (Å²) in [4.78, 5) is 11.9. The van der Waals surface area contributed by atoms with Crippen LogP contribution in [0.2, 0.25) is 0 Å². The van der Waals surface area contributed by atoms with Crippen LogP contribution in [0.5, 0.6) is 0 Å². The normalized spacial score (nSPS) is 10.9. The maximum Gasteiger partial charge on any atom is 0.248 e. The van der Waals surface area contributed by atoms with Gasteiger partial charge in [0.2, 0.25) is 5.91 Å². The highest BCUT2D eigenvalue weighted by Gasteiger charge is 2.03. The van der Waals surface area contributed by atoms with Gasteiger partial charge in [0.25, 0.3) is 0 Å². The van der Waals surface area contributed by atoms with Crippen molar-refractivity contribution in [3.05, 3.63) is 90.0 Å². The molecule has 1 N–H and O–H groups in total. The fourth-order valence-corrected chi connectivity index (χ4v) is 2.21. The largest absolute Gasteiger partial charge is 0.320 e. The molecule has 0 atom stereocenters. The number of hydrogen-bond donors (Lipinski definition) is 1. The van der Waals surface area contributed by atoms with E-state index in [-0.39, 0.29) is 11.7 Å². The van der Waals surface area contributed by atoms with E-state index in [0.717, 1.165) is 11.1 Å². The molecular formula is C19H16FN3O. The van der Waals surface area contributed by atoms with Crippen LogP contribution in [0.3, 0.4) is 0 Å². The molecule has 2 aromatic carbocycles. The lowest BCUT2D eigenvalue weighted by Crippen LogP contribution is -2.07. The number of hydrogen-bond acceptors (Lipinski definition) is 2. The van der Waals surface area contributed by atoms with E-state index >= 15 is 0 Å². The van der Waals surface area contributed by atoms with Gasteiger partial charge in [-0.3, -0.25) is 9.48 Å². The molecule has 0 bridgehead atoms. The average Bonchev–Trinajstić information content (AvgIpc) is 3.03. The zero-order valence-corrected chi connectivity index (χ0v) is 12.9. The second-order valence-electron chi connectivity index (χ2n) is 5.29. The van der Waals surface area contributed by atoms with Gasteiger partial charge in [-0.05, 0) is 29.3 Å². The molecule has 0 saturated heterocycles. The maximum atomic E-state index is 12.9. The smallest absolute Gasteiger partial charge is 0.248 e. The molecule has 0 saturated carbocycles. The van der Waals surface area contributed by atoms with Crippen molar-refractivity contribution < 1.29 is 9.18 Å². The Bertz CT molecular complexity index is 839. The summed E-state index contributed by atoms with van der Waals surface area (Å²) in [7, 11) is 0. The SMILES string of the molecule is O=C(/C=C/c1ccccc1)Nc1cnn(Cc2ccc(F)cc2)c1. The number of benzene rings is 2. The van der Waals surface area contributed by atoms with Crippen molar-refractivity contribution in [3.8, 4) is 0 Å². The lowest BCUT2D eigenvalue weighted by Gasteiger charge is -2.01. The molecule has 1 amide bonds. The molecule has 0 radical (unpaired) electrons. The van der Waals surface area contributed by atoms with Gasteiger partial charge in [0, 0.05) is 12.3 Å². The van der Waals surface area contributed by atoms with Crippen LogP contribution in [0, 0.1) is 5.82 Å². The molecule has 120 valence electrons. The Kier molecular flexibility index (Phi) is 4.81. The quantitative estimate of drug-likeness (QED) is 0.728. The van der Waals surface area contributed by atoms with Gasteiger partial charge in [0.1, 0.15) is 5.82 Å². The molecule has 0 aliphatic heterocycles. The molecule has 0 unspecified atom stereocenters. The van der Waals surface area contributed by atoms with Crippen LogP contribution in [0.15, 0.2) is 73.1 Å². The van der Waals surface area contributed by atoms with Crippen LogP contribution in [0.25, 0.3) is 6.08 Å². The Balaban J connectivity index is 1.58. The summed E-state index contributed by atoms with van der Waals surface area (Å²) in [6.45, 7) is 0.510. The highest BCUT2D eigenvalue weighted by molar-refractivity contribution is 6.01. The standard InChI is InChI=1S/C19H16FN3O/c20-17-9-6-16(7-10-17)13-23-14-18(12-21-23)22-19(24)11-8-15-4-2-1-3-5-15/h1-12,14H,13H2,(H,22,24)/b11-8+. The highest BCUT2D eigenvalue weighted by atomic mass is 19.1. The Labute approximate surface area is 139 Å². The number of nitrogens with one attached hydrogen (secondary N) is 1. The van der Waals surface area contributed by atoms with Crippen molar-refractivity contribution in [1.29, 1.82) is 0 Å². The molecular weight excluding hydrogens is 305 g/mol. The minimum atomic E-state index is -0.266. The number of carbonyl (C=O) groups is 1. The third kappa shape index (κ3) is 4.39. The van der Waals surface area contributed by atoms with Gasteiger partial charge in [-0.1, -0.05) is 42.5 Å². The maximum absolute atomic E-state index is 12.9. The molecule has 1 heterocycles. The second kappa shape index (κ2) is 7.37. The van der Waals surface area contributed by atoms with E-state index in [1.165, 1.54) is 18.2 Å². The number of halogens is 1. The Hall–Kier alpha value is -3.21. The lowest BCUT2D eigenvalue weighted by atomic mass is 10.2. The van der Waals surface area contributed by atoms with Crippen LogP contribution >= 0.6 is 0 Å². The Morgan fingerprint density at radius 1 is 1.12 bits per heavy atom. The molecule has 24 heavy (non-hydrogen) atoms. The van der Waals surface area contributed by atoms with Gasteiger partial charge >= 0.3 is 0 Å². The third-order valence-corrected chi connectivity index (χ3v) is 3.39. The van der Waals surface area contributed by atoms with Crippen LogP contribution in [-0.2, 0) is 11.3 Å². The van der Waals surface area contributed by atoms with Crippen LogP contribution in [-0.4, -0.2) is 15.7 Å². The number of nitrogens with zero attached hydrogens (tertiary/aromatic N) is 2. The molecule has 3 rings (SSSR count). The van der Waals surface area contributed by atoms with Gasteiger partial charge < -0.3 is 5.32 Å². The minimum Gasteiger partial charge on any atom is -0.320 e. The number of amides is 1. The zero-order chi connectivity index (χ0) is 16.8. The van der Waals surface area contributed by atoms with Crippen molar-refractivity contribution in [3.63, 3.8) is 0 Å². The Morgan fingerprint density at radius 3 is 2.62 bits per heavy atom. The van der Waals surface area contributed by atoms with Crippen molar-refractivity contribution in [2.75, 3.05) is 5.32 Å². The number of aromatic nitrogens is 2. The first kappa shape index (κ1) is 15.7. The fourth-order valence-electron chi connectivity index (χ4n) is 2.21. The monoisotopic (exact) mass is 321 g/mol. The first-order valence-electron chi connectivity index (χ1n) is 7.50. The van der Waals surface area contributed by atoms with Gasteiger partial charge in [-0.2, -0.15) is 5.10 Å². The van der Waals surface area contributed by atoms with E-state index in [9.17, 15) is 9.18 Å². The highest BCUT2D eigenvalue weighted by Crippen LogP contribution is 2.09. The number of anilines is 1. The van der Waals surface area contributed by atoms with E-state index < -0.39 is 0 Å². The van der Waals surface area contributed by atoms with Crippen molar-refractivity contribution >= 4 is 17.7 Å². The molecule has 1 aromatic heterocycles. The molecule has 4 nitrogen and oxygen atoms in total. The van der Waals surface area contributed by atoms with E-state index in [1.54, 1.807) is 35.3 Å². The van der Waals surface area contributed by atoms with Crippen molar-refractivity contribution in [2.24, 2.45) is 0 Å². The van der Waals surface area contributed by atoms with Crippen molar-refractivity contribution in [2.45, 2.75) is 6.54 Å². The number of rotatable bonds is 5. The van der Waals surface area contributed by atoms with E-state index in [4.69, 9.17) is 0 Å². The first-order valence-corrected chi connectivity index (χ1v) is 7.50. The predicted molar refractivity (Wildman–Crippen MR) is 91.8 cm³/mol. The van der Waals surface area contributed by atoms with Gasteiger partial charge in [-0.25, -0.2) is 4.39 Å². The van der Waals surface area contributed by atoms with Gasteiger partial charge in [0.05, 0.1) is 18.4 Å². The predicted octanol–water partition coefficient (Wildman–Crippen LogP) is 3.72. The van der Waals surface area contributed by atoms with Gasteiger partial charge in [-0.15, -0.1) is 0 Å². The van der Waals surface area contributed by atoms with E-state index in [1.807, 2.05) is 30.3 Å². The summed E-state index contributed by atoms with van der Waals surface area (Å²) in [5, 5.41) is 6.95. The molecule has 0 aliphatic rings. The summed E-state index contributed by atoms with van der Waals surface area (Å²) < 4.78 is 14.6. The third-order valence-electron chi connectivity index (χ3n) is 3.39. The second-order valence-corrected chi connectivity index (χ2v) is 5.29. The summed E-state index contributed by atoms with van der Waals surface area (Å²) >= 11 is 0. The summed E-state index contributed by atoms with van der Waals surface area (Å²) in [6, 6.07) is 15.8. The Morgan fingerprint density at radius 2 is 1.88 bits per heavy atom. The summed E-state index contributed by atoms with van der Waals surface area (Å²) in [5.41, 5.74) is 2.50. The molecule has 0 aliphatic carbocycles.